The third kappa shape index (κ3) is 1.61. The van der Waals surface area contributed by atoms with Crippen LogP contribution in [0.5, 0.6) is 0 Å². The van der Waals surface area contributed by atoms with Gasteiger partial charge in [0.05, 0.1) is 5.57 Å². The van der Waals surface area contributed by atoms with Crippen LogP contribution in [0.15, 0.2) is 23.4 Å². The Morgan fingerprint density at radius 3 is 2.91 bits per heavy atom. The molecular formula is C8H11NO2. The smallest absolute Gasteiger partial charge is 0.337 e. The molecule has 0 saturated heterocycles. The van der Waals surface area contributed by atoms with Gasteiger partial charge in [0.15, 0.2) is 0 Å². The lowest BCUT2D eigenvalue weighted by Gasteiger charge is -2.12. The van der Waals surface area contributed by atoms with Gasteiger partial charge in [-0.15, -0.1) is 0 Å². The average molecular weight is 153 g/mol. The molecule has 3 nitrogen and oxygen atoms in total. The second-order valence-corrected chi connectivity index (χ2v) is 2.76. The lowest BCUT2D eigenvalue weighted by molar-refractivity contribution is -0.132. The first-order valence-corrected chi connectivity index (χ1v) is 3.52. The summed E-state index contributed by atoms with van der Waals surface area (Å²) in [4.78, 5) is 10.5. The van der Waals surface area contributed by atoms with Crippen molar-refractivity contribution in [1.29, 1.82) is 0 Å². The van der Waals surface area contributed by atoms with Gasteiger partial charge in [0.2, 0.25) is 0 Å². The predicted octanol–water partition coefficient (Wildman–Crippen LogP) is 0.880. The molecule has 0 fully saturated rings. The van der Waals surface area contributed by atoms with Crippen molar-refractivity contribution >= 4 is 5.97 Å². The number of carboxylic acids is 1. The van der Waals surface area contributed by atoms with Crippen molar-refractivity contribution in [2.24, 2.45) is 11.7 Å². The first kappa shape index (κ1) is 7.85. The molecule has 0 aliphatic heterocycles. The standard InChI is InChI=1S/C8H11NO2/c1-5-2-3-6(8(10)11)7(9)4-5/h3-5H,2,9H2,1H3,(H,10,11). The fourth-order valence-corrected chi connectivity index (χ4v) is 1.10. The van der Waals surface area contributed by atoms with Gasteiger partial charge in [-0.1, -0.05) is 19.1 Å². The largest absolute Gasteiger partial charge is 0.478 e. The fraction of sp³-hybridized carbons (Fsp3) is 0.375. The topological polar surface area (TPSA) is 63.3 Å². The number of rotatable bonds is 1. The zero-order valence-electron chi connectivity index (χ0n) is 6.37. The van der Waals surface area contributed by atoms with Crippen molar-refractivity contribution in [3.05, 3.63) is 23.4 Å². The lowest BCUT2D eigenvalue weighted by atomic mass is 9.96. The van der Waals surface area contributed by atoms with Crippen molar-refractivity contribution in [1.82, 2.24) is 0 Å². The first-order valence-electron chi connectivity index (χ1n) is 3.52. The first-order chi connectivity index (χ1) is 5.11. The van der Waals surface area contributed by atoms with Crippen molar-refractivity contribution in [3.8, 4) is 0 Å². The molecule has 1 rings (SSSR count). The zero-order chi connectivity index (χ0) is 8.43. The maximum absolute atomic E-state index is 10.5. The Morgan fingerprint density at radius 2 is 2.45 bits per heavy atom. The Kier molecular flexibility index (Phi) is 1.98. The van der Waals surface area contributed by atoms with Crippen LogP contribution in [0.2, 0.25) is 0 Å². The number of aliphatic carboxylic acids is 1. The summed E-state index contributed by atoms with van der Waals surface area (Å²) in [5, 5.41) is 8.61. The van der Waals surface area contributed by atoms with Crippen LogP contribution < -0.4 is 5.73 Å². The van der Waals surface area contributed by atoms with Gasteiger partial charge in [-0.2, -0.15) is 0 Å². The summed E-state index contributed by atoms with van der Waals surface area (Å²) in [6, 6.07) is 0. The highest BCUT2D eigenvalue weighted by Gasteiger charge is 2.15. The molecule has 0 bridgehead atoms. The summed E-state index contributed by atoms with van der Waals surface area (Å²) in [6.07, 6.45) is 4.22. The van der Waals surface area contributed by atoms with Crippen LogP contribution in [-0.2, 0) is 4.79 Å². The molecule has 11 heavy (non-hydrogen) atoms. The monoisotopic (exact) mass is 153 g/mol. The van der Waals surface area contributed by atoms with Crippen molar-refractivity contribution in [2.75, 3.05) is 0 Å². The molecule has 3 N–H and O–H groups in total. The van der Waals surface area contributed by atoms with Crippen molar-refractivity contribution < 1.29 is 9.90 Å². The normalized spacial score (nSPS) is 23.9. The van der Waals surface area contributed by atoms with Gasteiger partial charge in [-0.05, 0) is 12.3 Å². The SMILES string of the molecule is CC1C=C(N)C(C(=O)O)=CC1. The molecule has 1 atom stereocenters. The molecule has 0 amide bonds. The lowest BCUT2D eigenvalue weighted by Crippen LogP contribution is -2.14. The molecule has 0 radical (unpaired) electrons. The second kappa shape index (κ2) is 2.78. The fourth-order valence-electron chi connectivity index (χ4n) is 1.10. The predicted molar refractivity (Wildman–Crippen MR) is 41.8 cm³/mol. The Balaban J connectivity index is 2.86. The van der Waals surface area contributed by atoms with Crippen LogP contribution in [-0.4, -0.2) is 11.1 Å². The minimum atomic E-state index is -0.939. The molecule has 0 saturated carbocycles. The van der Waals surface area contributed by atoms with Gasteiger partial charge in [-0.3, -0.25) is 0 Å². The van der Waals surface area contributed by atoms with E-state index in [0.29, 0.717) is 11.6 Å². The van der Waals surface area contributed by atoms with E-state index in [1.807, 2.05) is 6.92 Å². The van der Waals surface area contributed by atoms with E-state index in [1.54, 1.807) is 12.2 Å². The van der Waals surface area contributed by atoms with E-state index in [2.05, 4.69) is 0 Å². The molecule has 0 aromatic heterocycles. The van der Waals surface area contributed by atoms with Gasteiger partial charge in [0, 0.05) is 5.70 Å². The molecule has 1 aliphatic carbocycles. The summed E-state index contributed by atoms with van der Waals surface area (Å²) in [5.74, 6) is -0.580. The Hall–Kier alpha value is -1.25. The minimum Gasteiger partial charge on any atom is -0.478 e. The van der Waals surface area contributed by atoms with Gasteiger partial charge in [0.25, 0.3) is 0 Å². The minimum absolute atomic E-state index is 0.239. The second-order valence-electron chi connectivity index (χ2n) is 2.76. The van der Waals surface area contributed by atoms with Gasteiger partial charge in [-0.25, -0.2) is 4.79 Å². The van der Waals surface area contributed by atoms with E-state index < -0.39 is 5.97 Å². The third-order valence-corrected chi connectivity index (χ3v) is 1.70. The van der Waals surface area contributed by atoms with Crippen molar-refractivity contribution in [2.45, 2.75) is 13.3 Å². The summed E-state index contributed by atoms with van der Waals surface area (Å²) < 4.78 is 0. The Bertz CT molecular complexity index is 240. The van der Waals surface area contributed by atoms with E-state index in [9.17, 15) is 4.79 Å². The molecular weight excluding hydrogens is 142 g/mol. The van der Waals surface area contributed by atoms with E-state index in [4.69, 9.17) is 10.8 Å². The van der Waals surface area contributed by atoms with E-state index >= 15 is 0 Å². The van der Waals surface area contributed by atoms with Crippen LogP contribution in [0.25, 0.3) is 0 Å². The summed E-state index contributed by atoms with van der Waals surface area (Å²) >= 11 is 0. The Labute approximate surface area is 65.2 Å². The molecule has 0 aromatic rings. The highest BCUT2D eigenvalue weighted by Crippen LogP contribution is 2.18. The average Bonchev–Trinajstić information content (AvgIpc) is 1.85. The molecule has 0 spiro atoms. The van der Waals surface area contributed by atoms with E-state index in [-0.39, 0.29) is 5.57 Å². The highest BCUT2D eigenvalue weighted by molar-refractivity contribution is 5.91. The van der Waals surface area contributed by atoms with Crippen LogP contribution >= 0.6 is 0 Å². The summed E-state index contributed by atoms with van der Waals surface area (Å²) in [5.41, 5.74) is 6.11. The maximum Gasteiger partial charge on any atom is 0.337 e. The van der Waals surface area contributed by atoms with E-state index in [1.165, 1.54) is 0 Å². The van der Waals surface area contributed by atoms with Crippen molar-refractivity contribution in [3.63, 3.8) is 0 Å². The quantitative estimate of drug-likeness (QED) is 0.587. The molecule has 0 heterocycles. The molecule has 60 valence electrons. The van der Waals surface area contributed by atoms with Crippen LogP contribution in [0.3, 0.4) is 0 Å². The van der Waals surface area contributed by atoms with E-state index in [0.717, 1.165) is 6.42 Å². The van der Waals surface area contributed by atoms with Gasteiger partial charge in [0.1, 0.15) is 0 Å². The number of hydrogen-bond donors (Lipinski definition) is 2. The number of carboxylic acid groups (broad SMARTS) is 1. The number of carbonyl (C=O) groups is 1. The summed E-state index contributed by atoms with van der Waals surface area (Å²) in [6.45, 7) is 2.00. The maximum atomic E-state index is 10.5. The molecule has 1 unspecified atom stereocenters. The number of allylic oxidation sites excluding steroid dienone is 2. The third-order valence-electron chi connectivity index (χ3n) is 1.70. The number of hydrogen-bond acceptors (Lipinski definition) is 2. The molecule has 1 aliphatic rings. The molecule has 3 heteroatoms. The van der Waals surface area contributed by atoms with Gasteiger partial charge < -0.3 is 10.8 Å². The highest BCUT2D eigenvalue weighted by atomic mass is 16.4. The van der Waals surface area contributed by atoms with Crippen LogP contribution in [0, 0.1) is 5.92 Å². The number of nitrogens with two attached hydrogens (primary N) is 1. The van der Waals surface area contributed by atoms with Crippen LogP contribution in [0.1, 0.15) is 13.3 Å². The van der Waals surface area contributed by atoms with Gasteiger partial charge >= 0.3 is 5.97 Å². The molecule has 0 aromatic carbocycles. The summed E-state index contributed by atoms with van der Waals surface area (Å²) in [7, 11) is 0. The van der Waals surface area contributed by atoms with Crippen LogP contribution in [0.4, 0.5) is 0 Å². The zero-order valence-corrected chi connectivity index (χ0v) is 6.37. The Morgan fingerprint density at radius 1 is 1.82 bits per heavy atom.